The summed E-state index contributed by atoms with van der Waals surface area (Å²) in [7, 11) is 1.64. The summed E-state index contributed by atoms with van der Waals surface area (Å²) in [5.74, 6) is 0.736. The van der Waals surface area contributed by atoms with Gasteiger partial charge in [0.25, 0.3) is 0 Å². The summed E-state index contributed by atoms with van der Waals surface area (Å²) in [5.41, 5.74) is 2.71. The molecule has 4 heteroatoms. The monoisotopic (exact) mass is 261 g/mol. The molecule has 0 spiro atoms. The Morgan fingerprint density at radius 2 is 2.06 bits per heavy atom. The Morgan fingerprint density at radius 1 is 1.22 bits per heavy atom. The van der Waals surface area contributed by atoms with E-state index in [9.17, 15) is 0 Å². The number of hydrogen-bond acceptors (Lipinski definition) is 3. The first-order valence-electron chi connectivity index (χ1n) is 5.65. The minimum atomic E-state index is 0.575. The number of rotatable bonds is 3. The fourth-order valence-corrected chi connectivity index (χ4v) is 2.40. The van der Waals surface area contributed by atoms with Gasteiger partial charge in [0.05, 0.1) is 7.11 Å². The quantitative estimate of drug-likeness (QED) is 0.728. The molecule has 0 saturated carbocycles. The second-order valence-electron chi connectivity index (χ2n) is 4.04. The maximum absolute atomic E-state index is 5.87. The first kappa shape index (κ1) is 11.4. The van der Waals surface area contributed by atoms with Gasteiger partial charge in [-0.15, -0.1) is 0 Å². The largest absolute Gasteiger partial charge is 0.493 e. The molecule has 0 aliphatic heterocycles. The van der Waals surface area contributed by atoms with Crippen molar-refractivity contribution in [2.45, 2.75) is 6.54 Å². The topological polar surface area (TPSA) is 34.4 Å². The van der Waals surface area contributed by atoms with Crippen LogP contribution in [0.5, 0.6) is 5.75 Å². The summed E-state index contributed by atoms with van der Waals surface area (Å²) < 4.78 is 11.2. The van der Waals surface area contributed by atoms with Gasteiger partial charge in [-0.2, -0.15) is 0 Å². The maximum atomic E-state index is 5.87. The number of fused-ring (bicyclic) bond motifs is 3. The highest BCUT2D eigenvalue weighted by Gasteiger charge is 2.14. The number of para-hydroxylation sites is 1. The molecule has 3 aromatic rings. The van der Waals surface area contributed by atoms with Crippen molar-refractivity contribution in [3.63, 3.8) is 0 Å². The normalized spacial score (nSPS) is 11.2. The highest BCUT2D eigenvalue weighted by atomic mass is 35.5. The van der Waals surface area contributed by atoms with Crippen molar-refractivity contribution in [3.8, 4) is 5.75 Å². The van der Waals surface area contributed by atoms with Gasteiger partial charge in [0.1, 0.15) is 5.58 Å². The van der Waals surface area contributed by atoms with Gasteiger partial charge in [-0.25, -0.2) is 4.84 Å². The third kappa shape index (κ3) is 1.64. The van der Waals surface area contributed by atoms with Crippen molar-refractivity contribution in [1.82, 2.24) is 4.84 Å². The second kappa shape index (κ2) is 4.52. The lowest BCUT2D eigenvalue weighted by atomic mass is 10.1. The smallest absolute Gasteiger partial charge is 0.177 e. The minimum absolute atomic E-state index is 0.575. The minimum Gasteiger partial charge on any atom is -0.493 e. The van der Waals surface area contributed by atoms with Gasteiger partial charge in [0, 0.05) is 17.3 Å². The number of ether oxygens (including phenoxy) is 1. The summed E-state index contributed by atoms with van der Waals surface area (Å²) in [5, 5.41) is 2.13. The highest BCUT2D eigenvalue weighted by Crippen LogP contribution is 2.36. The van der Waals surface area contributed by atoms with Crippen molar-refractivity contribution in [2.24, 2.45) is 0 Å². The number of hydrogen-bond donors (Lipinski definition) is 1. The molecule has 92 valence electrons. The van der Waals surface area contributed by atoms with Gasteiger partial charge in [-0.05, 0) is 29.5 Å². The lowest BCUT2D eigenvalue weighted by Gasteiger charge is -2.05. The molecule has 0 aliphatic rings. The molecular formula is C14H12ClNO2. The van der Waals surface area contributed by atoms with Gasteiger partial charge >= 0.3 is 0 Å². The number of nitrogens with one attached hydrogen (secondary N) is 1. The van der Waals surface area contributed by atoms with Crippen LogP contribution in [0.4, 0.5) is 0 Å². The average Bonchev–Trinajstić information content (AvgIpc) is 2.79. The van der Waals surface area contributed by atoms with Crippen LogP contribution >= 0.6 is 11.8 Å². The maximum Gasteiger partial charge on any atom is 0.177 e. The first-order chi connectivity index (χ1) is 8.85. The van der Waals surface area contributed by atoms with Crippen molar-refractivity contribution >= 4 is 33.7 Å². The molecule has 0 amide bonds. The summed E-state index contributed by atoms with van der Waals surface area (Å²) in [6.07, 6.45) is 0. The molecule has 0 unspecified atom stereocenters. The molecule has 0 aliphatic carbocycles. The predicted octanol–water partition coefficient (Wildman–Crippen LogP) is 3.84. The Bertz CT molecular complexity index is 705. The molecule has 0 saturated heterocycles. The number of halogens is 1. The van der Waals surface area contributed by atoms with Crippen LogP contribution in [0, 0.1) is 0 Å². The van der Waals surface area contributed by atoms with Crippen LogP contribution in [0.3, 0.4) is 0 Å². The summed E-state index contributed by atoms with van der Waals surface area (Å²) in [6.45, 7) is 0.575. The van der Waals surface area contributed by atoms with Crippen molar-refractivity contribution in [1.29, 1.82) is 0 Å². The molecule has 0 atom stereocenters. The van der Waals surface area contributed by atoms with E-state index in [4.69, 9.17) is 20.9 Å². The van der Waals surface area contributed by atoms with Gasteiger partial charge in [-0.1, -0.05) is 24.3 Å². The molecule has 3 nitrogen and oxygen atoms in total. The zero-order chi connectivity index (χ0) is 12.5. The molecule has 0 fully saturated rings. The number of furan rings is 1. The van der Waals surface area contributed by atoms with E-state index in [2.05, 4.69) is 4.84 Å². The fraction of sp³-hybridized carbons (Fsp3) is 0.143. The zero-order valence-electron chi connectivity index (χ0n) is 9.87. The lowest BCUT2D eigenvalue weighted by molar-refractivity contribution is 0.412. The number of methoxy groups -OCH3 is 1. The molecule has 1 heterocycles. The summed E-state index contributed by atoms with van der Waals surface area (Å²) in [6, 6.07) is 11.8. The molecule has 0 bridgehead atoms. The van der Waals surface area contributed by atoms with Gasteiger partial charge in [-0.3, -0.25) is 0 Å². The van der Waals surface area contributed by atoms with E-state index in [-0.39, 0.29) is 0 Å². The predicted molar refractivity (Wildman–Crippen MR) is 73.0 cm³/mol. The molecule has 18 heavy (non-hydrogen) atoms. The van der Waals surface area contributed by atoms with Crippen LogP contribution in [0.1, 0.15) is 5.56 Å². The summed E-state index contributed by atoms with van der Waals surface area (Å²) in [4.78, 5) is 2.66. The Balaban J connectivity index is 2.44. The van der Waals surface area contributed by atoms with E-state index < -0.39 is 0 Å². The van der Waals surface area contributed by atoms with Crippen molar-refractivity contribution < 1.29 is 9.15 Å². The Kier molecular flexibility index (Phi) is 2.86. The Labute approximate surface area is 109 Å². The third-order valence-electron chi connectivity index (χ3n) is 3.05. The Morgan fingerprint density at radius 3 is 2.83 bits per heavy atom. The van der Waals surface area contributed by atoms with E-state index in [1.807, 2.05) is 36.4 Å². The molecule has 0 radical (unpaired) electrons. The standard InChI is InChI=1S/C14H12ClNO2/c1-17-12-7-6-9(8-16-15)13-10-4-2-3-5-11(10)18-14(12)13/h2-7,16H,8H2,1H3. The van der Waals surface area contributed by atoms with E-state index in [0.717, 1.165) is 33.3 Å². The van der Waals surface area contributed by atoms with Gasteiger partial charge < -0.3 is 9.15 Å². The molecular weight excluding hydrogens is 250 g/mol. The zero-order valence-corrected chi connectivity index (χ0v) is 10.6. The molecule has 1 N–H and O–H groups in total. The Hall–Kier alpha value is -1.71. The fourth-order valence-electron chi connectivity index (χ4n) is 2.25. The van der Waals surface area contributed by atoms with E-state index in [1.54, 1.807) is 7.11 Å². The van der Waals surface area contributed by atoms with E-state index in [1.165, 1.54) is 0 Å². The number of benzene rings is 2. The molecule has 3 rings (SSSR count). The highest BCUT2D eigenvalue weighted by molar-refractivity contribution is 6.14. The van der Waals surface area contributed by atoms with Crippen LogP contribution in [-0.4, -0.2) is 7.11 Å². The SMILES string of the molecule is COc1ccc(CNCl)c2c1oc1ccccc12. The van der Waals surface area contributed by atoms with Crippen LogP contribution in [0.25, 0.3) is 21.9 Å². The molecule has 1 aromatic heterocycles. The van der Waals surface area contributed by atoms with Crippen LogP contribution in [0.15, 0.2) is 40.8 Å². The third-order valence-corrected chi connectivity index (χ3v) is 3.19. The second-order valence-corrected chi connectivity index (χ2v) is 4.31. The van der Waals surface area contributed by atoms with Crippen molar-refractivity contribution in [2.75, 3.05) is 7.11 Å². The van der Waals surface area contributed by atoms with Gasteiger partial charge in [0.15, 0.2) is 11.3 Å². The average molecular weight is 262 g/mol. The van der Waals surface area contributed by atoms with E-state index >= 15 is 0 Å². The van der Waals surface area contributed by atoms with Crippen molar-refractivity contribution in [3.05, 3.63) is 42.0 Å². The summed E-state index contributed by atoms with van der Waals surface area (Å²) >= 11 is 5.62. The van der Waals surface area contributed by atoms with Crippen LogP contribution in [-0.2, 0) is 6.54 Å². The van der Waals surface area contributed by atoms with Crippen LogP contribution in [0.2, 0.25) is 0 Å². The van der Waals surface area contributed by atoms with E-state index in [0.29, 0.717) is 6.54 Å². The van der Waals surface area contributed by atoms with Crippen LogP contribution < -0.4 is 9.57 Å². The lowest BCUT2D eigenvalue weighted by Crippen LogP contribution is -1.99. The molecule has 2 aromatic carbocycles. The van der Waals surface area contributed by atoms with Gasteiger partial charge in [0.2, 0.25) is 0 Å². The first-order valence-corrected chi connectivity index (χ1v) is 6.03.